The van der Waals surface area contributed by atoms with E-state index in [0.717, 1.165) is 34.9 Å². The van der Waals surface area contributed by atoms with Gasteiger partial charge in [-0.25, -0.2) is 4.98 Å². The van der Waals surface area contributed by atoms with Crippen molar-refractivity contribution in [3.05, 3.63) is 35.3 Å². The van der Waals surface area contributed by atoms with Crippen LogP contribution in [0, 0.1) is 6.92 Å². The lowest BCUT2D eigenvalue weighted by atomic mass is 10.1. The number of aromatic nitrogens is 3. The first-order valence-corrected chi connectivity index (χ1v) is 9.24. The van der Waals surface area contributed by atoms with Crippen LogP contribution in [-0.4, -0.2) is 27.5 Å². The van der Waals surface area contributed by atoms with Gasteiger partial charge in [-0.3, -0.25) is 4.79 Å². The first-order valence-electron chi connectivity index (χ1n) is 8.36. The lowest BCUT2D eigenvalue weighted by Crippen LogP contribution is -2.14. The van der Waals surface area contributed by atoms with Gasteiger partial charge in [-0.05, 0) is 31.5 Å². The SMILES string of the molecule is CCCC(=O)Nc1cc(C)nn1-c1nc(-c2ccc3c(c2)OCO3)cs1. The number of anilines is 1. The Labute approximate surface area is 154 Å². The fourth-order valence-electron chi connectivity index (χ4n) is 2.72. The maximum atomic E-state index is 11.9. The van der Waals surface area contributed by atoms with Gasteiger partial charge in [0.15, 0.2) is 11.5 Å². The Morgan fingerprint density at radius 3 is 3.00 bits per heavy atom. The molecule has 134 valence electrons. The van der Waals surface area contributed by atoms with Gasteiger partial charge < -0.3 is 14.8 Å². The number of nitrogens with one attached hydrogen (secondary N) is 1. The Kier molecular flexibility index (Phi) is 4.34. The summed E-state index contributed by atoms with van der Waals surface area (Å²) in [5, 5.41) is 10.0. The number of hydrogen-bond acceptors (Lipinski definition) is 6. The van der Waals surface area contributed by atoms with E-state index in [0.29, 0.717) is 17.4 Å². The summed E-state index contributed by atoms with van der Waals surface area (Å²) < 4.78 is 12.4. The van der Waals surface area contributed by atoms with Crippen LogP contribution in [0.4, 0.5) is 5.82 Å². The molecule has 3 heterocycles. The van der Waals surface area contributed by atoms with Crippen molar-refractivity contribution in [2.24, 2.45) is 0 Å². The number of fused-ring (bicyclic) bond motifs is 1. The van der Waals surface area contributed by atoms with Gasteiger partial charge in [0.25, 0.3) is 0 Å². The highest BCUT2D eigenvalue weighted by molar-refractivity contribution is 7.12. The molecule has 4 rings (SSSR count). The third kappa shape index (κ3) is 3.15. The summed E-state index contributed by atoms with van der Waals surface area (Å²) in [6.07, 6.45) is 1.27. The lowest BCUT2D eigenvalue weighted by Gasteiger charge is -2.05. The van der Waals surface area contributed by atoms with Crippen molar-refractivity contribution in [3.8, 4) is 27.9 Å². The van der Waals surface area contributed by atoms with E-state index in [1.807, 2.05) is 43.5 Å². The van der Waals surface area contributed by atoms with E-state index < -0.39 is 0 Å². The summed E-state index contributed by atoms with van der Waals surface area (Å²) in [5.41, 5.74) is 2.58. The average molecular weight is 370 g/mol. The molecule has 3 aromatic rings. The van der Waals surface area contributed by atoms with Crippen LogP contribution < -0.4 is 14.8 Å². The predicted molar refractivity (Wildman–Crippen MR) is 99.1 cm³/mol. The summed E-state index contributed by atoms with van der Waals surface area (Å²) >= 11 is 1.46. The van der Waals surface area contributed by atoms with E-state index in [1.165, 1.54) is 11.3 Å². The van der Waals surface area contributed by atoms with Gasteiger partial charge in [0.2, 0.25) is 17.8 Å². The van der Waals surface area contributed by atoms with Crippen LogP contribution >= 0.6 is 11.3 Å². The summed E-state index contributed by atoms with van der Waals surface area (Å²) in [6, 6.07) is 7.59. The molecule has 0 fully saturated rings. The number of hydrogen-bond donors (Lipinski definition) is 1. The molecule has 26 heavy (non-hydrogen) atoms. The van der Waals surface area contributed by atoms with Gasteiger partial charge in [-0.15, -0.1) is 11.3 Å². The van der Waals surface area contributed by atoms with Crippen molar-refractivity contribution < 1.29 is 14.3 Å². The van der Waals surface area contributed by atoms with Gasteiger partial charge in [0, 0.05) is 23.4 Å². The molecular weight excluding hydrogens is 352 g/mol. The minimum absolute atomic E-state index is 0.0267. The lowest BCUT2D eigenvalue weighted by molar-refractivity contribution is -0.116. The highest BCUT2D eigenvalue weighted by Crippen LogP contribution is 2.36. The molecule has 1 aliphatic rings. The number of aryl methyl sites for hydroxylation is 1. The van der Waals surface area contributed by atoms with Crippen LogP contribution in [0.1, 0.15) is 25.5 Å². The molecule has 0 bridgehead atoms. The summed E-state index contributed by atoms with van der Waals surface area (Å²) in [5.74, 6) is 2.07. The Bertz CT molecular complexity index is 963. The molecule has 0 radical (unpaired) electrons. The zero-order valence-corrected chi connectivity index (χ0v) is 15.3. The maximum absolute atomic E-state index is 11.9. The van der Waals surface area contributed by atoms with E-state index in [-0.39, 0.29) is 12.7 Å². The van der Waals surface area contributed by atoms with Crippen LogP contribution in [0.2, 0.25) is 0 Å². The Balaban J connectivity index is 1.63. The smallest absolute Gasteiger partial charge is 0.231 e. The first-order chi connectivity index (χ1) is 12.6. The molecule has 0 saturated carbocycles. The van der Waals surface area contributed by atoms with Crippen molar-refractivity contribution in [2.45, 2.75) is 26.7 Å². The fraction of sp³-hybridized carbons (Fsp3) is 0.278. The van der Waals surface area contributed by atoms with E-state index >= 15 is 0 Å². The molecule has 1 N–H and O–H groups in total. The van der Waals surface area contributed by atoms with Crippen molar-refractivity contribution in [3.63, 3.8) is 0 Å². The number of amides is 1. The minimum atomic E-state index is -0.0267. The van der Waals surface area contributed by atoms with E-state index in [2.05, 4.69) is 15.4 Å². The number of nitrogens with zero attached hydrogens (tertiary/aromatic N) is 3. The largest absolute Gasteiger partial charge is 0.454 e. The Hall–Kier alpha value is -2.87. The Morgan fingerprint density at radius 1 is 1.31 bits per heavy atom. The van der Waals surface area contributed by atoms with Gasteiger partial charge >= 0.3 is 0 Å². The van der Waals surface area contributed by atoms with Crippen molar-refractivity contribution in [2.75, 3.05) is 12.1 Å². The highest BCUT2D eigenvalue weighted by atomic mass is 32.1. The predicted octanol–water partition coefficient (Wildman–Crippen LogP) is 3.77. The average Bonchev–Trinajstić information content (AvgIpc) is 3.33. The molecular formula is C18H18N4O3S. The second-order valence-electron chi connectivity index (χ2n) is 5.96. The van der Waals surface area contributed by atoms with Gasteiger partial charge in [0.1, 0.15) is 5.82 Å². The number of rotatable bonds is 5. The molecule has 1 amide bonds. The van der Waals surface area contributed by atoms with Crippen molar-refractivity contribution >= 4 is 23.1 Å². The molecule has 0 spiro atoms. The normalized spacial score (nSPS) is 12.4. The number of carbonyl (C=O) groups excluding carboxylic acids is 1. The third-order valence-electron chi connectivity index (χ3n) is 3.92. The standard InChI is InChI=1S/C18H18N4O3S/c1-3-4-17(23)20-16-7-11(2)21-22(16)18-19-13(9-26-18)12-5-6-14-15(8-12)25-10-24-14/h5-9H,3-4,10H2,1-2H3,(H,20,23). The van der Waals surface area contributed by atoms with E-state index in [9.17, 15) is 4.79 Å². The van der Waals surface area contributed by atoms with Gasteiger partial charge in [0.05, 0.1) is 11.4 Å². The number of thiazole rings is 1. The van der Waals surface area contributed by atoms with Crippen LogP contribution in [0.3, 0.4) is 0 Å². The van der Waals surface area contributed by atoms with Crippen LogP contribution in [0.25, 0.3) is 16.4 Å². The zero-order valence-electron chi connectivity index (χ0n) is 14.5. The number of ether oxygens (including phenoxy) is 2. The zero-order chi connectivity index (χ0) is 18.1. The van der Waals surface area contributed by atoms with E-state index in [4.69, 9.17) is 9.47 Å². The number of benzene rings is 1. The molecule has 7 nitrogen and oxygen atoms in total. The van der Waals surface area contributed by atoms with Crippen LogP contribution in [0.5, 0.6) is 11.5 Å². The van der Waals surface area contributed by atoms with Crippen molar-refractivity contribution in [1.82, 2.24) is 14.8 Å². The fourth-order valence-corrected chi connectivity index (χ4v) is 3.51. The van der Waals surface area contributed by atoms with Gasteiger partial charge in [-0.1, -0.05) is 6.92 Å². The molecule has 0 aliphatic carbocycles. The molecule has 0 unspecified atom stereocenters. The Morgan fingerprint density at radius 2 is 2.15 bits per heavy atom. The third-order valence-corrected chi connectivity index (χ3v) is 4.73. The van der Waals surface area contributed by atoms with Crippen molar-refractivity contribution in [1.29, 1.82) is 0 Å². The molecule has 8 heteroatoms. The number of carbonyl (C=O) groups is 1. The molecule has 1 aliphatic heterocycles. The summed E-state index contributed by atoms with van der Waals surface area (Å²) in [6.45, 7) is 4.10. The minimum Gasteiger partial charge on any atom is -0.454 e. The quantitative estimate of drug-likeness (QED) is 0.740. The summed E-state index contributed by atoms with van der Waals surface area (Å²) in [4.78, 5) is 16.6. The van der Waals surface area contributed by atoms with E-state index in [1.54, 1.807) is 4.68 Å². The monoisotopic (exact) mass is 370 g/mol. The maximum Gasteiger partial charge on any atom is 0.231 e. The van der Waals surface area contributed by atoms with Crippen LogP contribution in [-0.2, 0) is 4.79 Å². The topological polar surface area (TPSA) is 78.3 Å². The second kappa shape index (κ2) is 6.80. The van der Waals surface area contributed by atoms with Gasteiger partial charge in [-0.2, -0.15) is 9.78 Å². The summed E-state index contributed by atoms with van der Waals surface area (Å²) in [7, 11) is 0. The highest BCUT2D eigenvalue weighted by Gasteiger charge is 2.17. The molecule has 2 aromatic heterocycles. The molecule has 1 aromatic carbocycles. The second-order valence-corrected chi connectivity index (χ2v) is 6.80. The van der Waals surface area contributed by atoms with Crippen LogP contribution in [0.15, 0.2) is 29.6 Å². The first kappa shape index (κ1) is 16.6. The molecule has 0 atom stereocenters. The molecule has 0 saturated heterocycles.